The van der Waals surface area contributed by atoms with Gasteiger partial charge in [0.1, 0.15) is 0 Å². The van der Waals surface area contributed by atoms with Gasteiger partial charge in [-0.2, -0.15) is 0 Å². The molecule has 6 nitrogen and oxygen atoms in total. The maximum Gasteiger partial charge on any atom is 0.241 e. The highest BCUT2D eigenvalue weighted by molar-refractivity contribution is 7.89. The molecule has 0 saturated heterocycles. The Morgan fingerprint density at radius 1 is 1.35 bits per heavy atom. The van der Waals surface area contributed by atoms with Crippen LogP contribution in [-0.4, -0.2) is 24.5 Å². The van der Waals surface area contributed by atoms with Crippen molar-refractivity contribution >= 4 is 15.7 Å². The highest BCUT2D eigenvalue weighted by Crippen LogP contribution is 2.24. The molecule has 0 unspecified atom stereocenters. The van der Waals surface area contributed by atoms with Gasteiger partial charge < -0.3 is 10.3 Å². The van der Waals surface area contributed by atoms with E-state index in [-0.39, 0.29) is 4.90 Å². The molecule has 0 radical (unpaired) electrons. The van der Waals surface area contributed by atoms with Gasteiger partial charge in [0, 0.05) is 31.2 Å². The van der Waals surface area contributed by atoms with E-state index in [1.807, 2.05) is 4.57 Å². The molecule has 0 aliphatic rings. The first kappa shape index (κ1) is 14.5. The molecule has 0 aliphatic carbocycles. The lowest BCUT2D eigenvalue weighted by Gasteiger charge is -2.13. The number of sulfonamides is 1. The molecule has 2 aromatic rings. The molecule has 0 saturated carbocycles. The van der Waals surface area contributed by atoms with Gasteiger partial charge in [-0.05, 0) is 31.0 Å². The van der Waals surface area contributed by atoms with Gasteiger partial charge in [0.15, 0.2) is 0 Å². The Labute approximate surface area is 118 Å². The van der Waals surface area contributed by atoms with E-state index >= 15 is 0 Å². The third kappa shape index (κ3) is 3.00. The molecule has 1 aromatic heterocycles. The molecular weight excluding hydrogens is 276 g/mol. The zero-order chi connectivity index (χ0) is 14.8. The Balaban J connectivity index is 2.16. The molecule has 3 N–H and O–H groups in total. The van der Waals surface area contributed by atoms with Crippen molar-refractivity contribution in [3.05, 3.63) is 42.0 Å². The summed E-state index contributed by atoms with van der Waals surface area (Å²) in [5.74, 6) is 0. The molecule has 0 aliphatic heterocycles. The number of anilines is 1. The van der Waals surface area contributed by atoms with Crippen LogP contribution in [0.5, 0.6) is 0 Å². The summed E-state index contributed by atoms with van der Waals surface area (Å²) >= 11 is 0. The second-order valence-electron chi connectivity index (χ2n) is 4.62. The van der Waals surface area contributed by atoms with Gasteiger partial charge in [0.05, 0.1) is 11.2 Å². The zero-order valence-electron chi connectivity index (χ0n) is 11.5. The molecule has 1 aromatic carbocycles. The quantitative estimate of drug-likeness (QED) is 0.807. The van der Waals surface area contributed by atoms with Crippen molar-refractivity contribution in [1.29, 1.82) is 0 Å². The first-order valence-electron chi connectivity index (χ1n) is 6.23. The molecule has 1 heterocycles. The summed E-state index contributed by atoms with van der Waals surface area (Å²) in [7, 11) is -3.56. The normalized spacial score (nSPS) is 11.7. The molecule has 20 heavy (non-hydrogen) atoms. The van der Waals surface area contributed by atoms with E-state index < -0.39 is 10.0 Å². The topological polar surface area (TPSA) is 90.0 Å². The van der Waals surface area contributed by atoms with Crippen molar-refractivity contribution in [2.24, 2.45) is 0 Å². The van der Waals surface area contributed by atoms with Crippen molar-refractivity contribution in [2.75, 3.05) is 12.3 Å². The first-order chi connectivity index (χ1) is 9.42. The Morgan fingerprint density at radius 3 is 2.75 bits per heavy atom. The van der Waals surface area contributed by atoms with Crippen LogP contribution in [0.2, 0.25) is 0 Å². The van der Waals surface area contributed by atoms with Crippen molar-refractivity contribution in [3.63, 3.8) is 0 Å². The predicted molar refractivity (Wildman–Crippen MR) is 77.7 cm³/mol. The van der Waals surface area contributed by atoms with Crippen molar-refractivity contribution in [1.82, 2.24) is 14.3 Å². The van der Waals surface area contributed by atoms with Crippen LogP contribution in [0.3, 0.4) is 0 Å². The van der Waals surface area contributed by atoms with Crippen molar-refractivity contribution < 1.29 is 8.42 Å². The number of nitrogen functional groups attached to an aromatic ring is 1. The van der Waals surface area contributed by atoms with E-state index in [4.69, 9.17) is 5.73 Å². The summed E-state index contributed by atoms with van der Waals surface area (Å²) in [4.78, 5) is 4.17. The highest BCUT2D eigenvalue weighted by atomic mass is 32.2. The van der Waals surface area contributed by atoms with E-state index in [0.29, 0.717) is 29.9 Å². The van der Waals surface area contributed by atoms with E-state index in [1.54, 1.807) is 44.7 Å². The van der Waals surface area contributed by atoms with E-state index in [1.165, 1.54) is 0 Å². The number of hydrogen-bond donors (Lipinski definition) is 2. The zero-order valence-corrected chi connectivity index (χ0v) is 12.3. The number of rotatable bonds is 5. The minimum Gasteiger partial charge on any atom is -0.398 e. The fourth-order valence-electron chi connectivity index (χ4n) is 2.06. The van der Waals surface area contributed by atoms with Crippen LogP contribution in [0.25, 0.3) is 0 Å². The summed E-state index contributed by atoms with van der Waals surface area (Å²) in [5.41, 5.74) is 7.54. The number of aromatic nitrogens is 2. The summed E-state index contributed by atoms with van der Waals surface area (Å²) < 4.78 is 29.1. The Morgan fingerprint density at radius 2 is 2.10 bits per heavy atom. The smallest absolute Gasteiger partial charge is 0.241 e. The van der Waals surface area contributed by atoms with Gasteiger partial charge in [0.25, 0.3) is 0 Å². The summed E-state index contributed by atoms with van der Waals surface area (Å²) in [6.07, 6.45) is 5.08. The summed E-state index contributed by atoms with van der Waals surface area (Å²) in [5, 5.41) is 0. The minimum absolute atomic E-state index is 0.267. The van der Waals surface area contributed by atoms with E-state index in [2.05, 4.69) is 9.71 Å². The third-order valence-corrected chi connectivity index (χ3v) is 4.88. The number of imidazole rings is 1. The largest absolute Gasteiger partial charge is 0.398 e. The van der Waals surface area contributed by atoms with Crippen LogP contribution in [-0.2, 0) is 16.6 Å². The van der Waals surface area contributed by atoms with Crippen molar-refractivity contribution in [3.8, 4) is 0 Å². The van der Waals surface area contributed by atoms with Crippen LogP contribution in [0.4, 0.5) is 5.69 Å². The van der Waals surface area contributed by atoms with Crippen LogP contribution in [0.1, 0.15) is 11.1 Å². The fraction of sp³-hybridized carbons (Fsp3) is 0.308. The number of aryl methyl sites for hydroxylation is 1. The predicted octanol–water partition coefficient (Wildman–Crippen LogP) is 1.06. The van der Waals surface area contributed by atoms with Gasteiger partial charge >= 0.3 is 0 Å². The lowest BCUT2D eigenvalue weighted by atomic mass is 10.1. The first-order valence-corrected chi connectivity index (χ1v) is 7.71. The Hall–Kier alpha value is -1.86. The van der Waals surface area contributed by atoms with Gasteiger partial charge in [-0.25, -0.2) is 18.1 Å². The monoisotopic (exact) mass is 294 g/mol. The molecule has 0 spiro atoms. The minimum atomic E-state index is -3.56. The lowest BCUT2D eigenvalue weighted by Crippen LogP contribution is -2.28. The lowest BCUT2D eigenvalue weighted by molar-refractivity contribution is 0.571. The maximum atomic E-state index is 12.4. The molecule has 7 heteroatoms. The van der Waals surface area contributed by atoms with Crippen LogP contribution in [0, 0.1) is 13.8 Å². The summed E-state index contributed by atoms with van der Waals surface area (Å²) in [6, 6.07) is 3.43. The van der Waals surface area contributed by atoms with Crippen molar-refractivity contribution in [2.45, 2.75) is 25.3 Å². The molecule has 0 amide bonds. The van der Waals surface area contributed by atoms with Gasteiger partial charge in [-0.15, -0.1) is 0 Å². The second-order valence-corrected chi connectivity index (χ2v) is 6.33. The Kier molecular flexibility index (Phi) is 4.10. The van der Waals surface area contributed by atoms with Gasteiger partial charge in [-0.3, -0.25) is 0 Å². The van der Waals surface area contributed by atoms with Crippen LogP contribution in [0.15, 0.2) is 35.7 Å². The molecule has 0 atom stereocenters. The van der Waals surface area contributed by atoms with Gasteiger partial charge in [-0.1, -0.05) is 6.07 Å². The maximum absolute atomic E-state index is 12.4. The average Bonchev–Trinajstić information content (AvgIpc) is 2.87. The van der Waals surface area contributed by atoms with E-state index in [0.717, 1.165) is 0 Å². The number of nitrogens with two attached hydrogens (primary N) is 1. The number of nitrogens with zero attached hydrogens (tertiary/aromatic N) is 2. The standard InChI is InChI=1S/C13H18N4O2S/c1-10-3-4-12(14)11(2)13(10)20(18,19)16-6-8-17-7-5-15-9-17/h3-5,7,9,16H,6,8,14H2,1-2H3. The third-order valence-electron chi connectivity index (χ3n) is 3.13. The Bertz CT molecular complexity index is 693. The fourth-order valence-corrected chi connectivity index (χ4v) is 3.57. The van der Waals surface area contributed by atoms with E-state index in [9.17, 15) is 8.42 Å². The summed E-state index contributed by atoms with van der Waals surface area (Å²) in [6.45, 7) is 4.30. The molecular formula is C13H18N4O2S. The van der Waals surface area contributed by atoms with Gasteiger partial charge in [0.2, 0.25) is 10.0 Å². The number of nitrogens with one attached hydrogen (secondary N) is 1. The highest BCUT2D eigenvalue weighted by Gasteiger charge is 2.20. The average molecular weight is 294 g/mol. The molecule has 0 fully saturated rings. The number of hydrogen-bond acceptors (Lipinski definition) is 4. The van der Waals surface area contributed by atoms with Crippen LogP contribution < -0.4 is 10.5 Å². The number of benzene rings is 1. The SMILES string of the molecule is Cc1ccc(N)c(C)c1S(=O)(=O)NCCn1ccnc1. The second kappa shape index (κ2) is 5.64. The van der Waals surface area contributed by atoms with Crippen LogP contribution >= 0.6 is 0 Å². The molecule has 2 rings (SSSR count). The molecule has 108 valence electrons. The molecule has 0 bridgehead atoms.